The highest BCUT2D eigenvalue weighted by Gasteiger charge is 2.10. The van der Waals surface area contributed by atoms with Crippen LogP contribution in [0.2, 0.25) is 0 Å². The van der Waals surface area contributed by atoms with Crippen molar-refractivity contribution in [2.75, 3.05) is 13.2 Å². The number of hydrogen-bond donors (Lipinski definition) is 1. The van der Waals surface area contributed by atoms with Crippen molar-refractivity contribution < 1.29 is 9.53 Å². The summed E-state index contributed by atoms with van der Waals surface area (Å²) < 4.78 is 8.32. The van der Waals surface area contributed by atoms with Gasteiger partial charge in [-0.3, -0.25) is 4.79 Å². The lowest BCUT2D eigenvalue weighted by Crippen LogP contribution is -2.24. The number of nitrogens with zero attached hydrogens (tertiary/aromatic N) is 2. The van der Waals surface area contributed by atoms with E-state index in [4.69, 9.17) is 9.72 Å². The van der Waals surface area contributed by atoms with Crippen molar-refractivity contribution in [2.45, 2.75) is 58.9 Å². The van der Waals surface area contributed by atoms with Crippen molar-refractivity contribution in [3.63, 3.8) is 0 Å². The van der Waals surface area contributed by atoms with Gasteiger partial charge in [0.25, 0.3) is 5.91 Å². The largest absolute Gasteiger partial charge is 0.494 e. The number of unbranched alkanes of at least 4 members (excludes halogenated alkanes) is 2. The molecule has 0 bridgehead atoms. The topological polar surface area (TPSA) is 56.1 Å². The first-order valence-corrected chi connectivity index (χ1v) is 13.1. The van der Waals surface area contributed by atoms with Crippen molar-refractivity contribution in [1.82, 2.24) is 14.9 Å². The normalized spacial score (nSPS) is 11.1. The Kier molecular flexibility index (Phi) is 9.15. The van der Waals surface area contributed by atoms with Gasteiger partial charge in [-0.15, -0.1) is 0 Å². The molecule has 3 aromatic carbocycles. The summed E-state index contributed by atoms with van der Waals surface area (Å²) in [6, 6.07) is 24.4. The lowest BCUT2D eigenvalue weighted by atomic mass is 10.1. The first-order valence-electron chi connectivity index (χ1n) is 13.1. The molecule has 188 valence electrons. The number of fused-ring (bicyclic) bond motifs is 1. The van der Waals surface area contributed by atoms with Gasteiger partial charge in [-0.25, -0.2) is 4.98 Å². The van der Waals surface area contributed by atoms with Gasteiger partial charge in [0.05, 0.1) is 17.6 Å². The first-order chi connectivity index (χ1) is 17.6. The molecule has 0 fully saturated rings. The van der Waals surface area contributed by atoms with E-state index < -0.39 is 0 Å². The summed E-state index contributed by atoms with van der Waals surface area (Å²) >= 11 is 0. The van der Waals surface area contributed by atoms with E-state index in [2.05, 4.69) is 59.3 Å². The Hall–Kier alpha value is -3.60. The highest BCUT2D eigenvalue weighted by molar-refractivity contribution is 5.94. The molecule has 5 heteroatoms. The van der Waals surface area contributed by atoms with E-state index >= 15 is 0 Å². The summed E-state index contributed by atoms with van der Waals surface area (Å²) in [4.78, 5) is 17.2. The molecule has 0 saturated carbocycles. The van der Waals surface area contributed by atoms with Crippen LogP contribution in [0.3, 0.4) is 0 Å². The van der Waals surface area contributed by atoms with Gasteiger partial charge in [-0.2, -0.15) is 0 Å². The maximum atomic E-state index is 12.3. The van der Waals surface area contributed by atoms with Gasteiger partial charge in [0.15, 0.2) is 0 Å². The SMILES string of the molecule is CCc1ccc(OCCCn2c(CCCCCNC(=O)c3cccc(C)c3)nc3ccccc32)cc1. The lowest BCUT2D eigenvalue weighted by molar-refractivity contribution is 0.0953. The molecular weight excluding hydrogens is 446 g/mol. The van der Waals surface area contributed by atoms with Crippen LogP contribution in [-0.4, -0.2) is 28.6 Å². The summed E-state index contributed by atoms with van der Waals surface area (Å²) in [7, 11) is 0. The van der Waals surface area contributed by atoms with Gasteiger partial charge in [-0.1, -0.05) is 55.3 Å². The molecule has 0 unspecified atom stereocenters. The Morgan fingerprint density at radius 2 is 1.78 bits per heavy atom. The van der Waals surface area contributed by atoms with Gasteiger partial charge in [0, 0.05) is 25.1 Å². The number of amides is 1. The molecule has 0 aliphatic carbocycles. The standard InChI is InChI=1S/C31H37N3O2/c1-3-25-16-18-27(19-17-25)36-22-10-21-34-29-14-7-6-13-28(29)33-30(34)15-5-4-8-20-32-31(35)26-12-9-11-24(2)23-26/h6-7,9,11-14,16-19,23H,3-5,8,10,15,20-22H2,1-2H3,(H,32,35). The number of aromatic nitrogens is 2. The van der Waals surface area contributed by atoms with Gasteiger partial charge in [0.2, 0.25) is 0 Å². The smallest absolute Gasteiger partial charge is 0.251 e. The molecule has 0 atom stereocenters. The van der Waals surface area contributed by atoms with Gasteiger partial charge in [0.1, 0.15) is 11.6 Å². The van der Waals surface area contributed by atoms with Crippen LogP contribution in [0.25, 0.3) is 11.0 Å². The third-order valence-electron chi connectivity index (χ3n) is 6.50. The van der Waals surface area contributed by atoms with Gasteiger partial charge < -0.3 is 14.6 Å². The van der Waals surface area contributed by atoms with Crippen LogP contribution in [0, 0.1) is 6.92 Å². The predicted octanol–water partition coefficient (Wildman–Crippen LogP) is 6.52. The fraction of sp³-hybridized carbons (Fsp3) is 0.355. The molecule has 4 aromatic rings. The number of para-hydroxylation sites is 2. The van der Waals surface area contributed by atoms with E-state index in [1.54, 1.807) is 0 Å². The molecule has 0 saturated heterocycles. The zero-order chi connectivity index (χ0) is 25.2. The Labute approximate surface area is 214 Å². The van der Waals surface area contributed by atoms with Gasteiger partial charge >= 0.3 is 0 Å². The monoisotopic (exact) mass is 483 g/mol. The van der Waals surface area contributed by atoms with Crippen LogP contribution in [0.5, 0.6) is 5.75 Å². The van der Waals surface area contributed by atoms with Crippen LogP contribution in [0.4, 0.5) is 0 Å². The first kappa shape index (κ1) is 25.5. The number of hydrogen-bond acceptors (Lipinski definition) is 3. The highest BCUT2D eigenvalue weighted by atomic mass is 16.5. The molecule has 5 nitrogen and oxygen atoms in total. The maximum Gasteiger partial charge on any atom is 0.251 e. The number of aryl methyl sites for hydroxylation is 4. The van der Waals surface area contributed by atoms with E-state index in [-0.39, 0.29) is 5.91 Å². The maximum absolute atomic E-state index is 12.3. The zero-order valence-electron chi connectivity index (χ0n) is 21.5. The summed E-state index contributed by atoms with van der Waals surface area (Å²) in [5, 5.41) is 3.04. The Morgan fingerprint density at radius 3 is 2.58 bits per heavy atom. The van der Waals surface area contributed by atoms with Crippen LogP contribution < -0.4 is 10.1 Å². The minimum Gasteiger partial charge on any atom is -0.494 e. The second-order valence-electron chi connectivity index (χ2n) is 9.30. The van der Waals surface area contributed by atoms with Crippen molar-refractivity contribution in [1.29, 1.82) is 0 Å². The van der Waals surface area contributed by atoms with E-state index in [0.717, 1.165) is 73.3 Å². The molecule has 1 heterocycles. The van der Waals surface area contributed by atoms with Crippen LogP contribution in [-0.2, 0) is 19.4 Å². The minimum atomic E-state index is 0.00372. The highest BCUT2D eigenvalue weighted by Crippen LogP contribution is 2.19. The predicted molar refractivity (Wildman–Crippen MR) is 147 cm³/mol. The number of rotatable bonds is 13. The number of benzene rings is 3. The fourth-order valence-electron chi connectivity index (χ4n) is 4.47. The summed E-state index contributed by atoms with van der Waals surface area (Å²) in [5.41, 5.74) is 5.39. The van der Waals surface area contributed by atoms with E-state index in [9.17, 15) is 4.79 Å². The number of carbonyl (C=O) groups excluding carboxylic acids is 1. The average Bonchev–Trinajstić information content (AvgIpc) is 3.26. The Balaban J connectivity index is 1.24. The van der Waals surface area contributed by atoms with Crippen LogP contribution >= 0.6 is 0 Å². The Morgan fingerprint density at radius 1 is 0.944 bits per heavy atom. The molecule has 4 rings (SSSR count). The number of imidazole rings is 1. The molecule has 1 amide bonds. The molecule has 36 heavy (non-hydrogen) atoms. The second kappa shape index (κ2) is 12.9. The van der Waals surface area contributed by atoms with Crippen molar-refractivity contribution in [3.05, 3.63) is 95.3 Å². The molecule has 0 aliphatic heterocycles. The molecule has 1 aromatic heterocycles. The van der Waals surface area contributed by atoms with Crippen LogP contribution in [0.1, 0.15) is 59.9 Å². The van der Waals surface area contributed by atoms with E-state index in [0.29, 0.717) is 13.2 Å². The Bertz CT molecular complexity index is 1260. The number of ether oxygens (including phenoxy) is 1. The lowest BCUT2D eigenvalue weighted by Gasteiger charge is -2.11. The second-order valence-corrected chi connectivity index (χ2v) is 9.30. The van der Waals surface area contributed by atoms with Gasteiger partial charge in [-0.05, 0) is 74.6 Å². The number of nitrogens with one attached hydrogen (secondary N) is 1. The average molecular weight is 484 g/mol. The third kappa shape index (κ3) is 6.97. The van der Waals surface area contributed by atoms with Crippen molar-refractivity contribution in [2.24, 2.45) is 0 Å². The summed E-state index contributed by atoms with van der Waals surface area (Å²) in [5.74, 6) is 2.06. The van der Waals surface area contributed by atoms with Crippen molar-refractivity contribution >= 4 is 16.9 Å². The number of carbonyl (C=O) groups is 1. The molecule has 1 N–H and O–H groups in total. The molecule has 0 radical (unpaired) electrons. The van der Waals surface area contributed by atoms with Crippen molar-refractivity contribution in [3.8, 4) is 5.75 Å². The molecular formula is C31H37N3O2. The third-order valence-corrected chi connectivity index (χ3v) is 6.50. The molecule has 0 spiro atoms. The van der Waals surface area contributed by atoms with Crippen LogP contribution in [0.15, 0.2) is 72.8 Å². The quantitative estimate of drug-likeness (QED) is 0.220. The summed E-state index contributed by atoms with van der Waals surface area (Å²) in [6.07, 6.45) is 5.95. The summed E-state index contributed by atoms with van der Waals surface area (Å²) in [6.45, 7) is 6.42. The molecule has 0 aliphatic rings. The van der Waals surface area contributed by atoms with E-state index in [1.807, 2.05) is 37.3 Å². The van der Waals surface area contributed by atoms with E-state index in [1.165, 1.54) is 11.1 Å². The minimum absolute atomic E-state index is 0.00372. The zero-order valence-corrected chi connectivity index (χ0v) is 21.5. The fourth-order valence-corrected chi connectivity index (χ4v) is 4.47.